The summed E-state index contributed by atoms with van der Waals surface area (Å²) >= 11 is 0. The lowest BCUT2D eigenvalue weighted by atomic mass is 9.76. The molecule has 6 heteroatoms. The molecule has 0 spiro atoms. The van der Waals surface area contributed by atoms with Crippen LogP contribution < -0.4 is 4.74 Å². The van der Waals surface area contributed by atoms with E-state index in [9.17, 15) is 22.0 Å². The van der Waals surface area contributed by atoms with Gasteiger partial charge in [-0.15, -0.1) is 0 Å². The lowest BCUT2D eigenvalue weighted by Gasteiger charge is -2.29. The molecule has 0 bridgehead atoms. The minimum atomic E-state index is -1.02. The van der Waals surface area contributed by atoms with Crippen molar-refractivity contribution in [2.24, 2.45) is 0 Å². The van der Waals surface area contributed by atoms with Crippen LogP contribution in [0.5, 0.6) is 5.75 Å². The lowest BCUT2D eigenvalue weighted by molar-refractivity contribution is 0.313. The fraction of sp³-hybridized carbons (Fsp3) is 0.379. The molecule has 35 heavy (non-hydrogen) atoms. The highest BCUT2D eigenvalue weighted by Crippen LogP contribution is 2.42. The Morgan fingerprint density at radius 2 is 1.37 bits per heavy atom. The Kier molecular flexibility index (Phi) is 7.78. The lowest BCUT2D eigenvalue weighted by Crippen LogP contribution is -2.14. The molecular formula is C29H29F5O. The van der Waals surface area contributed by atoms with Crippen molar-refractivity contribution in [2.45, 2.75) is 64.2 Å². The quantitative estimate of drug-likeness (QED) is 0.304. The summed E-state index contributed by atoms with van der Waals surface area (Å²) in [6, 6.07) is 11.2. The topological polar surface area (TPSA) is 9.23 Å². The van der Waals surface area contributed by atoms with Crippen LogP contribution in [-0.4, -0.2) is 6.61 Å². The van der Waals surface area contributed by atoms with Crippen molar-refractivity contribution in [2.75, 3.05) is 6.61 Å². The first-order chi connectivity index (χ1) is 16.8. The van der Waals surface area contributed by atoms with Gasteiger partial charge in [-0.05, 0) is 104 Å². The average molecular weight is 489 g/mol. The highest BCUT2D eigenvalue weighted by Gasteiger charge is 2.27. The second-order valence-electron chi connectivity index (χ2n) is 9.28. The maximum absolute atomic E-state index is 14.8. The molecular weight excluding hydrogens is 459 g/mol. The van der Waals surface area contributed by atoms with E-state index < -0.39 is 23.3 Å². The zero-order chi connectivity index (χ0) is 25.1. The largest absolute Gasteiger partial charge is 0.491 e. The van der Waals surface area contributed by atoms with Crippen molar-refractivity contribution in [3.05, 3.63) is 99.4 Å². The second-order valence-corrected chi connectivity index (χ2v) is 9.28. The number of halogens is 5. The molecule has 1 aliphatic carbocycles. The fourth-order valence-corrected chi connectivity index (χ4v) is 5.04. The third kappa shape index (κ3) is 5.36. The molecule has 1 aliphatic rings. The molecule has 0 atom stereocenters. The van der Waals surface area contributed by atoms with Gasteiger partial charge in [-0.25, -0.2) is 17.6 Å². The Morgan fingerprint density at radius 1 is 0.714 bits per heavy atom. The molecule has 0 heterocycles. The van der Waals surface area contributed by atoms with Crippen molar-refractivity contribution in [3.8, 4) is 5.75 Å². The monoisotopic (exact) mass is 488 g/mol. The van der Waals surface area contributed by atoms with Crippen LogP contribution in [0.15, 0.2) is 42.5 Å². The van der Waals surface area contributed by atoms with E-state index in [0.717, 1.165) is 18.4 Å². The standard InChI is InChI=1S/C29H29F5O/c1-3-35-25-15-13-21(27(32)29(25)34)11-9-20-10-12-22(16-24(20)30)18-5-7-19(8-6-18)23-14-4-17(2)26(31)28(23)33/h4,10,12-16,18-19H,3,5-9,11H2,1-2H3. The second kappa shape index (κ2) is 10.8. The van der Waals surface area contributed by atoms with Crippen molar-refractivity contribution in [3.63, 3.8) is 0 Å². The molecule has 1 fully saturated rings. The van der Waals surface area contributed by atoms with Crippen molar-refractivity contribution < 1.29 is 26.7 Å². The summed E-state index contributed by atoms with van der Waals surface area (Å²) < 4.78 is 76.7. The Labute approximate surface area is 202 Å². The van der Waals surface area contributed by atoms with Gasteiger partial charge in [-0.2, -0.15) is 4.39 Å². The third-order valence-electron chi connectivity index (χ3n) is 7.11. The zero-order valence-electron chi connectivity index (χ0n) is 19.9. The highest BCUT2D eigenvalue weighted by molar-refractivity contribution is 5.34. The molecule has 0 radical (unpaired) electrons. The van der Waals surface area contributed by atoms with Crippen LogP contribution in [0.4, 0.5) is 22.0 Å². The molecule has 1 nitrogen and oxygen atoms in total. The summed E-state index contributed by atoms with van der Waals surface area (Å²) in [4.78, 5) is 0. The number of benzene rings is 3. The van der Waals surface area contributed by atoms with Crippen LogP contribution >= 0.6 is 0 Å². The molecule has 3 aromatic rings. The fourth-order valence-electron chi connectivity index (χ4n) is 5.04. The Hall–Kier alpha value is -2.89. The first-order valence-corrected chi connectivity index (χ1v) is 12.1. The van der Waals surface area contributed by atoms with Crippen molar-refractivity contribution in [1.29, 1.82) is 0 Å². The Morgan fingerprint density at radius 3 is 2.06 bits per heavy atom. The summed E-state index contributed by atoms with van der Waals surface area (Å²) in [7, 11) is 0. The van der Waals surface area contributed by atoms with Crippen LogP contribution in [0.2, 0.25) is 0 Å². The molecule has 0 amide bonds. The number of rotatable bonds is 7. The molecule has 1 saturated carbocycles. The van der Waals surface area contributed by atoms with Gasteiger partial charge < -0.3 is 4.74 Å². The normalized spacial score (nSPS) is 18.0. The number of hydrogen-bond acceptors (Lipinski definition) is 1. The van der Waals surface area contributed by atoms with Gasteiger partial charge in [0.15, 0.2) is 23.2 Å². The van der Waals surface area contributed by atoms with Gasteiger partial charge in [0.05, 0.1) is 6.61 Å². The minimum absolute atomic E-state index is 0.0464. The number of hydrogen-bond donors (Lipinski definition) is 0. The third-order valence-corrected chi connectivity index (χ3v) is 7.11. The molecule has 0 aromatic heterocycles. The summed E-state index contributed by atoms with van der Waals surface area (Å²) in [6.07, 6.45) is 3.33. The van der Waals surface area contributed by atoms with Crippen LogP contribution in [0.25, 0.3) is 0 Å². The Balaban J connectivity index is 1.39. The van der Waals surface area contributed by atoms with Gasteiger partial charge in [0, 0.05) is 0 Å². The Bertz CT molecular complexity index is 1200. The minimum Gasteiger partial charge on any atom is -0.491 e. The molecule has 0 saturated heterocycles. The summed E-state index contributed by atoms with van der Waals surface area (Å²) in [6.45, 7) is 3.47. The predicted octanol–water partition coefficient (Wildman–Crippen LogP) is 8.32. The van der Waals surface area contributed by atoms with Gasteiger partial charge in [-0.3, -0.25) is 0 Å². The van der Waals surface area contributed by atoms with Gasteiger partial charge in [-0.1, -0.05) is 30.3 Å². The van der Waals surface area contributed by atoms with Crippen molar-refractivity contribution >= 4 is 0 Å². The molecule has 0 unspecified atom stereocenters. The van der Waals surface area contributed by atoms with Crippen molar-refractivity contribution in [1.82, 2.24) is 0 Å². The number of ether oxygens (including phenoxy) is 1. The SMILES string of the molecule is CCOc1ccc(CCc2ccc(C3CCC(c4ccc(C)c(F)c4F)CC3)cc2F)c(F)c1F. The summed E-state index contributed by atoms with van der Waals surface area (Å²) in [5.41, 5.74) is 2.20. The highest BCUT2D eigenvalue weighted by atomic mass is 19.2. The van der Waals surface area contributed by atoms with Gasteiger partial charge in [0.1, 0.15) is 5.82 Å². The predicted molar refractivity (Wildman–Crippen MR) is 126 cm³/mol. The number of aryl methyl sites for hydroxylation is 3. The maximum atomic E-state index is 14.8. The molecule has 4 rings (SSSR count). The van der Waals surface area contributed by atoms with E-state index in [4.69, 9.17) is 4.74 Å². The van der Waals surface area contributed by atoms with E-state index in [1.165, 1.54) is 18.2 Å². The van der Waals surface area contributed by atoms with Crippen LogP contribution in [-0.2, 0) is 12.8 Å². The molecule has 0 N–H and O–H groups in total. The van der Waals surface area contributed by atoms with E-state index in [1.807, 2.05) is 6.07 Å². The van der Waals surface area contributed by atoms with Gasteiger partial charge in [0.2, 0.25) is 5.82 Å². The molecule has 0 aliphatic heterocycles. The van der Waals surface area contributed by atoms with Crippen LogP contribution in [0.1, 0.15) is 72.3 Å². The van der Waals surface area contributed by atoms with E-state index in [1.54, 1.807) is 32.0 Å². The van der Waals surface area contributed by atoms with E-state index in [0.29, 0.717) is 29.5 Å². The van der Waals surface area contributed by atoms with Crippen LogP contribution in [0.3, 0.4) is 0 Å². The van der Waals surface area contributed by atoms with E-state index in [2.05, 4.69) is 0 Å². The van der Waals surface area contributed by atoms with Gasteiger partial charge >= 0.3 is 0 Å². The maximum Gasteiger partial charge on any atom is 0.200 e. The molecule has 3 aromatic carbocycles. The van der Waals surface area contributed by atoms with Crippen LogP contribution in [0, 0.1) is 36.0 Å². The molecule has 186 valence electrons. The summed E-state index contributed by atoms with van der Waals surface area (Å²) in [5, 5.41) is 0. The first kappa shape index (κ1) is 25.2. The van der Waals surface area contributed by atoms with E-state index in [-0.39, 0.29) is 48.4 Å². The zero-order valence-corrected chi connectivity index (χ0v) is 19.9. The van der Waals surface area contributed by atoms with E-state index >= 15 is 0 Å². The first-order valence-electron chi connectivity index (χ1n) is 12.1. The summed E-state index contributed by atoms with van der Waals surface area (Å²) in [5.74, 6) is -3.93. The average Bonchev–Trinajstić information content (AvgIpc) is 2.86. The smallest absolute Gasteiger partial charge is 0.200 e. The van der Waals surface area contributed by atoms with Gasteiger partial charge in [0.25, 0.3) is 0 Å².